The second-order valence-electron chi connectivity index (χ2n) is 5.20. The highest BCUT2D eigenvalue weighted by Crippen LogP contribution is 2.27. The molecule has 0 aliphatic carbocycles. The summed E-state index contributed by atoms with van der Waals surface area (Å²) in [5, 5.41) is 3.19. The molecular weight excluding hydrogens is 238 g/mol. The summed E-state index contributed by atoms with van der Waals surface area (Å²) >= 11 is 0. The summed E-state index contributed by atoms with van der Waals surface area (Å²) in [4.78, 5) is 0. The molecule has 108 valence electrons. The third-order valence-corrected chi connectivity index (χ3v) is 3.12. The Morgan fingerprint density at radius 3 is 2.58 bits per heavy atom. The molecule has 0 aliphatic rings. The van der Waals surface area contributed by atoms with Gasteiger partial charge in [-0.25, -0.2) is 0 Å². The van der Waals surface area contributed by atoms with Gasteiger partial charge in [-0.2, -0.15) is 0 Å². The van der Waals surface area contributed by atoms with Crippen molar-refractivity contribution < 1.29 is 9.47 Å². The van der Waals surface area contributed by atoms with Gasteiger partial charge in [0.1, 0.15) is 5.75 Å². The first-order valence-electron chi connectivity index (χ1n) is 7.08. The van der Waals surface area contributed by atoms with Gasteiger partial charge in [0.15, 0.2) is 0 Å². The van der Waals surface area contributed by atoms with Gasteiger partial charge >= 0.3 is 0 Å². The molecule has 0 heterocycles. The van der Waals surface area contributed by atoms with Crippen molar-refractivity contribution in [2.24, 2.45) is 5.92 Å². The van der Waals surface area contributed by atoms with Crippen LogP contribution in [0.5, 0.6) is 5.75 Å². The van der Waals surface area contributed by atoms with Crippen molar-refractivity contribution in [1.29, 1.82) is 0 Å². The van der Waals surface area contributed by atoms with Gasteiger partial charge in [-0.3, -0.25) is 0 Å². The van der Waals surface area contributed by atoms with Crippen LogP contribution in [0.2, 0.25) is 0 Å². The number of benzene rings is 1. The lowest BCUT2D eigenvalue weighted by molar-refractivity contribution is 0.0484. The third-order valence-electron chi connectivity index (χ3n) is 3.12. The van der Waals surface area contributed by atoms with Gasteiger partial charge in [-0.05, 0) is 31.9 Å². The molecule has 0 amide bonds. The number of hydrogen-bond donors (Lipinski definition) is 1. The quantitative estimate of drug-likeness (QED) is 0.694. The lowest BCUT2D eigenvalue weighted by Crippen LogP contribution is -2.20. The maximum absolute atomic E-state index is 6.02. The Bertz CT molecular complexity index is 352. The Labute approximate surface area is 117 Å². The molecule has 0 saturated carbocycles. The summed E-state index contributed by atoms with van der Waals surface area (Å²) in [5.41, 5.74) is 1.11. The van der Waals surface area contributed by atoms with Crippen molar-refractivity contribution in [3.8, 4) is 5.75 Å². The average molecular weight is 265 g/mol. The maximum Gasteiger partial charge on any atom is 0.124 e. The van der Waals surface area contributed by atoms with Crippen LogP contribution < -0.4 is 10.1 Å². The first kappa shape index (κ1) is 16.0. The van der Waals surface area contributed by atoms with Crippen LogP contribution in [0.15, 0.2) is 24.3 Å². The van der Waals surface area contributed by atoms with Gasteiger partial charge in [-0.1, -0.05) is 32.0 Å². The van der Waals surface area contributed by atoms with Crippen molar-refractivity contribution in [1.82, 2.24) is 5.32 Å². The number of likely N-dealkylation sites (N-methyl/N-ethyl adjacent to an activating group) is 1. The number of ether oxygens (including phenoxy) is 2. The van der Waals surface area contributed by atoms with E-state index < -0.39 is 0 Å². The Morgan fingerprint density at radius 1 is 1.21 bits per heavy atom. The molecule has 3 heteroatoms. The Balaban J connectivity index is 2.60. The van der Waals surface area contributed by atoms with E-state index >= 15 is 0 Å². The number of hydrogen-bond acceptors (Lipinski definition) is 3. The smallest absolute Gasteiger partial charge is 0.124 e. The van der Waals surface area contributed by atoms with E-state index in [1.54, 1.807) is 7.11 Å². The Hall–Kier alpha value is -1.06. The highest BCUT2D eigenvalue weighted by Gasteiger charge is 2.15. The Morgan fingerprint density at radius 2 is 1.95 bits per heavy atom. The van der Waals surface area contributed by atoms with Crippen molar-refractivity contribution in [2.75, 3.05) is 27.3 Å². The molecule has 1 unspecified atom stereocenters. The van der Waals surface area contributed by atoms with E-state index in [1.807, 2.05) is 25.2 Å². The molecule has 0 fully saturated rings. The predicted molar refractivity (Wildman–Crippen MR) is 79.7 cm³/mol. The van der Waals surface area contributed by atoms with E-state index in [1.165, 1.54) is 6.42 Å². The fraction of sp³-hybridized carbons (Fsp3) is 0.625. The zero-order chi connectivity index (χ0) is 14.1. The SMILES string of the molecule is CNCC(OCCCC(C)C)c1ccccc1OC. The highest BCUT2D eigenvalue weighted by atomic mass is 16.5. The van der Waals surface area contributed by atoms with Crippen molar-refractivity contribution in [2.45, 2.75) is 32.8 Å². The molecule has 0 radical (unpaired) electrons. The van der Waals surface area contributed by atoms with Gasteiger partial charge in [0.2, 0.25) is 0 Å². The molecule has 0 spiro atoms. The van der Waals surface area contributed by atoms with Crippen LogP contribution in [0.25, 0.3) is 0 Å². The van der Waals surface area contributed by atoms with Gasteiger partial charge in [-0.15, -0.1) is 0 Å². The molecule has 0 aliphatic heterocycles. The van der Waals surface area contributed by atoms with Crippen molar-refractivity contribution in [3.05, 3.63) is 29.8 Å². The van der Waals surface area contributed by atoms with Gasteiger partial charge < -0.3 is 14.8 Å². The van der Waals surface area contributed by atoms with E-state index in [9.17, 15) is 0 Å². The molecule has 1 atom stereocenters. The summed E-state index contributed by atoms with van der Waals surface area (Å²) in [5.74, 6) is 1.63. The standard InChI is InChI=1S/C16H27NO2/c1-13(2)8-7-11-19-16(12-17-3)14-9-5-6-10-15(14)18-4/h5-6,9-10,13,16-17H,7-8,11-12H2,1-4H3. The molecule has 0 saturated heterocycles. The maximum atomic E-state index is 6.02. The molecule has 1 N–H and O–H groups in total. The normalized spacial score (nSPS) is 12.7. The van der Waals surface area contributed by atoms with Crippen molar-refractivity contribution in [3.63, 3.8) is 0 Å². The summed E-state index contributed by atoms with van der Waals surface area (Å²) in [6.45, 7) is 6.07. The Kier molecular flexibility index (Phi) is 7.53. The highest BCUT2D eigenvalue weighted by molar-refractivity contribution is 5.35. The average Bonchev–Trinajstić information content (AvgIpc) is 2.42. The number of methoxy groups -OCH3 is 1. The van der Waals surface area contributed by atoms with E-state index in [4.69, 9.17) is 9.47 Å². The van der Waals surface area contributed by atoms with E-state index in [0.29, 0.717) is 0 Å². The topological polar surface area (TPSA) is 30.5 Å². The van der Waals surface area contributed by atoms with Crippen LogP contribution in [-0.4, -0.2) is 27.3 Å². The van der Waals surface area contributed by atoms with E-state index in [0.717, 1.165) is 36.8 Å². The number of nitrogens with one attached hydrogen (secondary N) is 1. The second-order valence-corrected chi connectivity index (χ2v) is 5.20. The zero-order valence-corrected chi connectivity index (χ0v) is 12.6. The summed E-state index contributed by atoms with van der Waals surface area (Å²) in [6.07, 6.45) is 2.36. The summed E-state index contributed by atoms with van der Waals surface area (Å²) < 4.78 is 11.4. The fourth-order valence-corrected chi connectivity index (χ4v) is 2.09. The van der Waals surface area contributed by atoms with E-state index in [-0.39, 0.29) is 6.10 Å². The van der Waals surface area contributed by atoms with Crippen LogP contribution in [0.1, 0.15) is 38.4 Å². The summed E-state index contributed by atoms with van der Waals surface area (Å²) in [6, 6.07) is 8.06. The largest absolute Gasteiger partial charge is 0.496 e. The van der Waals surface area contributed by atoms with Gasteiger partial charge in [0.05, 0.1) is 13.2 Å². The van der Waals surface area contributed by atoms with Crippen LogP contribution >= 0.6 is 0 Å². The zero-order valence-electron chi connectivity index (χ0n) is 12.6. The first-order valence-corrected chi connectivity index (χ1v) is 7.08. The molecule has 0 bridgehead atoms. The van der Waals surface area contributed by atoms with Crippen LogP contribution in [0.3, 0.4) is 0 Å². The third kappa shape index (κ3) is 5.62. The monoisotopic (exact) mass is 265 g/mol. The lowest BCUT2D eigenvalue weighted by atomic mass is 10.1. The van der Waals surface area contributed by atoms with Gasteiger partial charge in [0, 0.05) is 18.7 Å². The first-order chi connectivity index (χ1) is 9.19. The molecular formula is C16H27NO2. The van der Waals surface area contributed by atoms with Crippen LogP contribution in [0.4, 0.5) is 0 Å². The van der Waals surface area contributed by atoms with Crippen LogP contribution in [-0.2, 0) is 4.74 Å². The molecule has 1 aromatic rings. The second kappa shape index (κ2) is 8.94. The van der Waals surface area contributed by atoms with Gasteiger partial charge in [0.25, 0.3) is 0 Å². The molecule has 1 rings (SSSR count). The lowest BCUT2D eigenvalue weighted by Gasteiger charge is -2.20. The molecule has 0 aromatic heterocycles. The molecule has 3 nitrogen and oxygen atoms in total. The molecule has 1 aromatic carbocycles. The number of para-hydroxylation sites is 1. The predicted octanol–water partition coefficient (Wildman–Crippen LogP) is 3.41. The van der Waals surface area contributed by atoms with E-state index in [2.05, 4.69) is 25.2 Å². The minimum absolute atomic E-state index is 0.0494. The minimum atomic E-state index is 0.0494. The summed E-state index contributed by atoms with van der Waals surface area (Å²) in [7, 11) is 3.65. The van der Waals surface area contributed by atoms with Crippen LogP contribution in [0, 0.1) is 5.92 Å². The number of rotatable bonds is 9. The van der Waals surface area contributed by atoms with Crippen molar-refractivity contribution >= 4 is 0 Å². The fourth-order valence-electron chi connectivity index (χ4n) is 2.09. The minimum Gasteiger partial charge on any atom is -0.496 e. The molecule has 19 heavy (non-hydrogen) atoms.